The van der Waals surface area contributed by atoms with E-state index in [1.54, 1.807) is 75.4 Å². The Morgan fingerprint density at radius 1 is 0.759 bits per heavy atom. The summed E-state index contributed by atoms with van der Waals surface area (Å²) in [5, 5.41) is 24.0. The predicted octanol–water partition coefficient (Wildman–Crippen LogP) is 8.48. The van der Waals surface area contributed by atoms with Crippen LogP contribution in [0.1, 0.15) is 48.2 Å². The van der Waals surface area contributed by atoms with Gasteiger partial charge in [-0.2, -0.15) is 33.5 Å². The number of halogens is 3. The second-order valence-corrected chi connectivity index (χ2v) is 12.2. The van der Waals surface area contributed by atoms with Crippen LogP contribution in [0, 0.1) is 22.7 Å². The zero-order chi connectivity index (χ0) is 39.0. The fourth-order valence-corrected chi connectivity index (χ4v) is 4.58. The molecule has 6 rings (SSSR count). The van der Waals surface area contributed by atoms with E-state index in [9.17, 15) is 22.8 Å². The number of amides is 1. The normalized spacial score (nSPS) is 11.0. The molecule has 0 saturated carbocycles. The van der Waals surface area contributed by atoms with Crippen LogP contribution in [0.15, 0.2) is 103 Å². The van der Waals surface area contributed by atoms with Gasteiger partial charge in [0, 0.05) is 41.3 Å². The molecule has 272 valence electrons. The van der Waals surface area contributed by atoms with E-state index in [4.69, 9.17) is 30.5 Å². The highest BCUT2D eigenvalue weighted by atomic mass is 19.4. The summed E-state index contributed by atoms with van der Waals surface area (Å²) < 4.78 is 57.3. The van der Waals surface area contributed by atoms with Crippen molar-refractivity contribution in [2.24, 2.45) is 0 Å². The largest absolute Gasteiger partial charge is 0.457 e. The van der Waals surface area contributed by atoms with Crippen molar-refractivity contribution in [2.75, 3.05) is 11.1 Å². The number of anilines is 2. The minimum atomic E-state index is -4.67. The Morgan fingerprint density at radius 2 is 1.30 bits per heavy atom. The average molecular weight is 735 g/mol. The summed E-state index contributed by atoms with van der Waals surface area (Å²) in [7, 11) is 0. The maximum absolute atomic E-state index is 13.4. The van der Waals surface area contributed by atoms with Crippen molar-refractivity contribution in [3.8, 4) is 35.1 Å². The Hall–Kier alpha value is -7.46. The predicted molar refractivity (Wildman–Crippen MR) is 190 cm³/mol. The molecule has 13 nitrogen and oxygen atoms in total. The molecule has 0 atom stereocenters. The highest BCUT2D eigenvalue weighted by Gasteiger charge is 2.33. The van der Waals surface area contributed by atoms with E-state index in [1.807, 2.05) is 12.1 Å². The average Bonchev–Trinajstić information content (AvgIpc) is 3.52. The first kappa shape index (κ1) is 37.8. The number of rotatable bonds is 6. The van der Waals surface area contributed by atoms with Crippen molar-refractivity contribution in [2.45, 2.75) is 32.5 Å². The lowest BCUT2D eigenvalue weighted by Gasteiger charge is -2.19. The lowest BCUT2D eigenvalue weighted by atomic mass is 10.1. The number of benzene rings is 3. The van der Waals surface area contributed by atoms with E-state index in [-0.39, 0.29) is 16.6 Å². The van der Waals surface area contributed by atoms with Crippen LogP contribution in [0.25, 0.3) is 10.9 Å². The third-order valence-electron chi connectivity index (χ3n) is 6.94. The fourth-order valence-electron chi connectivity index (χ4n) is 4.58. The van der Waals surface area contributed by atoms with Crippen molar-refractivity contribution in [1.29, 1.82) is 10.5 Å². The van der Waals surface area contributed by atoms with Crippen molar-refractivity contribution < 1.29 is 37.0 Å². The zero-order valence-corrected chi connectivity index (χ0v) is 28.8. The first-order chi connectivity index (χ1) is 25.6. The Bertz CT molecular complexity index is 2390. The fraction of sp³-hybridized carbons (Fsp3) is 0.132. The van der Waals surface area contributed by atoms with Gasteiger partial charge in [0.2, 0.25) is 0 Å². The minimum absolute atomic E-state index is 0.0183. The highest BCUT2D eigenvalue weighted by molar-refractivity contribution is 6.12. The summed E-state index contributed by atoms with van der Waals surface area (Å²) in [4.78, 5) is 33.4. The van der Waals surface area contributed by atoms with Crippen LogP contribution in [-0.2, 0) is 10.9 Å². The summed E-state index contributed by atoms with van der Waals surface area (Å²) in [5.74, 6) is 1.19. The molecular weight excluding hydrogens is 705 g/mol. The number of alkyl halides is 3. The van der Waals surface area contributed by atoms with E-state index < -0.39 is 35.0 Å². The molecule has 54 heavy (non-hydrogen) atoms. The van der Waals surface area contributed by atoms with Crippen molar-refractivity contribution in [3.05, 3.63) is 126 Å². The lowest BCUT2D eigenvalue weighted by Crippen LogP contribution is -2.28. The van der Waals surface area contributed by atoms with Crippen LogP contribution in [-0.4, -0.2) is 37.3 Å². The maximum Gasteiger partial charge on any atom is 0.435 e. The van der Waals surface area contributed by atoms with Gasteiger partial charge in [0.05, 0.1) is 11.1 Å². The van der Waals surface area contributed by atoms with Gasteiger partial charge in [-0.05, 0) is 99.6 Å². The Morgan fingerprint density at radius 3 is 1.80 bits per heavy atom. The third-order valence-corrected chi connectivity index (χ3v) is 6.94. The Kier molecular flexibility index (Phi) is 11.1. The maximum atomic E-state index is 13.4. The standard InChI is InChI=1S/C26H20F3N5O4.C12H9N3O/c1-25(2,3)38-24(36)34-21-9-4-15(26(27,28)29)12-20(21)22(33-34)23(35)32-16-5-7-18(8-6-16)37-19-10-11-31-17(13-19)14-30;13-8-10-7-12(5-6-15-10)16-11-3-1-9(14)2-4-11/h4-13H,1-3H3,(H,32,35);1-7H,14H2. The topological polar surface area (TPSA) is 191 Å². The molecule has 0 radical (unpaired) electrons. The van der Waals surface area contributed by atoms with Crippen molar-refractivity contribution in [3.63, 3.8) is 0 Å². The lowest BCUT2D eigenvalue weighted by molar-refractivity contribution is -0.137. The number of carbonyl (C=O) groups is 2. The quantitative estimate of drug-likeness (QED) is 0.156. The smallest absolute Gasteiger partial charge is 0.435 e. The number of hydrogen-bond donors (Lipinski definition) is 2. The van der Waals surface area contributed by atoms with Gasteiger partial charge in [0.1, 0.15) is 52.1 Å². The number of nitrogen functional groups attached to an aromatic ring is 1. The van der Waals surface area contributed by atoms with Gasteiger partial charge >= 0.3 is 12.3 Å². The minimum Gasteiger partial charge on any atom is -0.457 e. The molecule has 3 heterocycles. The molecule has 0 spiro atoms. The summed E-state index contributed by atoms with van der Waals surface area (Å²) in [5.41, 5.74) is 4.72. The molecule has 3 aromatic carbocycles. The number of aromatic nitrogens is 4. The Labute approximate surface area is 306 Å². The highest BCUT2D eigenvalue weighted by Crippen LogP contribution is 2.33. The molecule has 0 bridgehead atoms. The first-order valence-corrected chi connectivity index (χ1v) is 15.8. The van der Waals surface area contributed by atoms with Crippen LogP contribution in [0.3, 0.4) is 0 Å². The molecule has 3 aromatic heterocycles. The number of fused-ring (bicyclic) bond motifs is 1. The summed E-state index contributed by atoms with van der Waals surface area (Å²) in [6.45, 7) is 4.86. The van der Waals surface area contributed by atoms with Gasteiger partial charge in [0.25, 0.3) is 5.91 Å². The van der Waals surface area contributed by atoms with Crippen LogP contribution >= 0.6 is 0 Å². The number of nitrogens with two attached hydrogens (primary N) is 1. The molecule has 0 fully saturated rings. The molecule has 6 aromatic rings. The molecular formula is C38H29F3N8O5. The monoisotopic (exact) mass is 734 g/mol. The van der Waals surface area contributed by atoms with Gasteiger partial charge in [-0.25, -0.2) is 14.8 Å². The number of nitrogens with zero attached hydrogens (tertiary/aromatic N) is 6. The van der Waals surface area contributed by atoms with E-state index in [0.29, 0.717) is 40.1 Å². The molecule has 16 heteroatoms. The summed E-state index contributed by atoms with van der Waals surface area (Å²) in [6, 6.07) is 25.9. The third kappa shape index (κ3) is 9.86. The van der Waals surface area contributed by atoms with Crippen LogP contribution in [0.2, 0.25) is 0 Å². The molecule has 1 amide bonds. The van der Waals surface area contributed by atoms with E-state index in [1.165, 1.54) is 30.6 Å². The molecule has 0 aliphatic rings. The van der Waals surface area contributed by atoms with Gasteiger partial charge < -0.3 is 25.3 Å². The van der Waals surface area contributed by atoms with Gasteiger partial charge in [-0.3, -0.25) is 4.79 Å². The molecule has 0 saturated heterocycles. The van der Waals surface area contributed by atoms with Crippen LogP contribution in [0.5, 0.6) is 23.0 Å². The van der Waals surface area contributed by atoms with Crippen molar-refractivity contribution >= 4 is 34.3 Å². The van der Waals surface area contributed by atoms with Crippen molar-refractivity contribution in [1.82, 2.24) is 19.7 Å². The second-order valence-electron chi connectivity index (χ2n) is 12.2. The van der Waals surface area contributed by atoms with E-state index >= 15 is 0 Å². The van der Waals surface area contributed by atoms with E-state index in [2.05, 4.69) is 20.4 Å². The van der Waals surface area contributed by atoms with E-state index in [0.717, 1.165) is 22.9 Å². The second kappa shape index (κ2) is 15.8. The molecule has 0 aliphatic heterocycles. The van der Waals surface area contributed by atoms with Crippen LogP contribution in [0.4, 0.5) is 29.3 Å². The Balaban J connectivity index is 0.000000291. The van der Waals surface area contributed by atoms with Gasteiger partial charge in [-0.1, -0.05) is 0 Å². The molecule has 3 N–H and O–H groups in total. The molecule has 0 unspecified atom stereocenters. The number of nitriles is 2. The summed E-state index contributed by atoms with van der Waals surface area (Å²) in [6.07, 6.45) is -2.66. The van der Waals surface area contributed by atoms with Crippen LogP contribution < -0.4 is 20.5 Å². The van der Waals surface area contributed by atoms with Gasteiger partial charge in [0.15, 0.2) is 5.69 Å². The molecule has 0 aliphatic carbocycles. The number of carbonyl (C=O) groups excluding carboxylic acids is 2. The number of ether oxygens (including phenoxy) is 3. The zero-order valence-electron chi connectivity index (χ0n) is 28.8. The number of hydrogen-bond acceptors (Lipinski definition) is 11. The summed E-state index contributed by atoms with van der Waals surface area (Å²) >= 11 is 0. The number of pyridine rings is 2. The van der Waals surface area contributed by atoms with Gasteiger partial charge in [-0.15, -0.1) is 0 Å². The number of nitrogens with one attached hydrogen (secondary N) is 1. The SMILES string of the molecule is CC(C)(C)OC(=O)n1nc(C(=O)Nc2ccc(Oc3ccnc(C#N)c3)cc2)c2cc(C(F)(F)F)ccc21.N#Cc1cc(Oc2ccc(N)cc2)ccn1. The first-order valence-electron chi connectivity index (χ1n) is 15.8.